The van der Waals surface area contributed by atoms with E-state index in [0.29, 0.717) is 32.6 Å². The topological polar surface area (TPSA) is 75.7 Å². The van der Waals surface area contributed by atoms with Crippen LogP contribution in [-0.2, 0) is 16.2 Å². The number of hydrogen-bond donors (Lipinski definition) is 1. The molecule has 0 saturated carbocycles. The Morgan fingerprint density at radius 2 is 1.58 bits per heavy atom. The fourth-order valence-electron chi connectivity index (χ4n) is 3.28. The molecule has 3 aromatic rings. The van der Waals surface area contributed by atoms with Gasteiger partial charge in [0, 0.05) is 0 Å². The van der Waals surface area contributed by atoms with Crippen LogP contribution in [0.4, 0.5) is 10.5 Å². The van der Waals surface area contributed by atoms with Crippen molar-refractivity contribution >= 4 is 61.5 Å². The van der Waals surface area contributed by atoms with Crippen molar-refractivity contribution in [1.29, 1.82) is 0 Å². The molecule has 1 aliphatic rings. The highest BCUT2D eigenvalue weighted by Gasteiger charge is 2.36. The van der Waals surface area contributed by atoms with Gasteiger partial charge in [0.15, 0.2) is 0 Å². The molecule has 1 heterocycles. The molecule has 4 rings (SSSR count). The van der Waals surface area contributed by atoms with Crippen LogP contribution in [-0.4, -0.2) is 17.8 Å². The lowest BCUT2D eigenvalue weighted by Gasteiger charge is -2.26. The van der Waals surface area contributed by atoms with E-state index in [2.05, 4.69) is 37.2 Å². The van der Waals surface area contributed by atoms with Crippen LogP contribution in [0.25, 0.3) is 6.08 Å². The number of hydrogen-bond acceptors (Lipinski definition) is 4. The van der Waals surface area contributed by atoms with E-state index in [1.807, 2.05) is 37.3 Å². The van der Waals surface area contributed by atoms with Crippen molar-refractivity contribution in [2.75, 3.05) is 4.90 Å². The molecule has 0 atom stereocenters. The van der Waals surface area contributed by atoms with Gasteiger partial charge in [0.2, 0.25) is 0 Å². The molecule has 33 heavy (non-hydrogen) atoms. The van der Waals surface area contributed by atoms with Crippen LogP contribution < -0.4 is 15.0 Å². The van der Waals surface area contributed by atoms with Gasteiger partial charge in [-0.25, -0.2) is 9.69 Å². The molecule has 1 saturated heterocycles. The maximum absolute atomic E-state index is 13.1. The highest BCUT2D eigenvalue weighted by molar-refractivity contribution is 9.11. The van der Waals surface area contributed by atoms with Gasteiger partial charge in [-0.05, 0) is 80.3 Å². The highest BCUT2D eigenvalue weighted by atomic mass is 79.9. The summed E-state index contributed by atoms with van der Waals surface area (Å²) in [5.41, 5.74) is 2.82. The third-order valence-electron chi connectivity index (χ3n) is 4.95. The molecule has 0 unspecified atom stereocenters. The number of aryl methyl sites for hydroxylation is 1. The summed E-state index contributed by atoms with van der Waals surface area (Å²) in [6.07, 6.45) is 1.45. The lowest BCUT2D eigenvalue weighted by molar-refractivity contribution is -0.122. The number of imide groups is 2. The Labute approximate surface area is 207 Å². The van der Waals surface area contributed by atoms with Gasteiger partial charge >= 0.3 is 6.03 Å². The number of nitrogens with one attached hydrogen (secondary N) is 1. The SMILES string of the molecule is Cc1ccc(N2C(=O)NC(=O)/C(=C\c3cc(Br)c(OCc4ccccc4)c(Br)c3)C2=O)cc1. The molecular formula is C25H18Br2N2O4. The third-order valence-corrected chi connectivity index (χ3v) is 6.13. The first-order valence-corrected chi connectivity index (χ1v) is 11.6. The number of amides is 4. The van der Waals surface area contributed by atoms with E-state index in [4.69, 9.17) is 4.74 Å². The Hall–Kier alpha value is -3.23. The molecule has 1 aliphatic heterocycles. The van der Waals surface area contributed by atoms with E-state index in [9.17, 15) is 14.4 Å². The maximum atomic E-state index is 13.1. The van der Waals surface area contributed by atoms with Crippen LogP contribution >= 0.6 is 31.9 Å². The molecule has 4 amide bonds. The van der Waals surface area contributed by atoms with Gasteiger partial charge < -0.3 is 4.74 Å². The average Bonchev–Trinajstić information content (AvgIpc) is 2.78. The molecule has 6 nitrogen and oxygen atoms in total. The third kappa shape index (κ3) is 5.07. The zero-order valence-corrected chi connectivity index (χ0v) is 20.6. The zero-order valence-electron chi connectivity index (χ0n) is 17.5. The van der Waals surface area contributed by atoms with Crippen molar-refractivity contribution in [3.05, 3.63) is 97.9 Å². The van der Waals surface area contributed by atoms with Crippen molar-refractivity contribution < 1.29 is 19.1 Å². The Morgan fingerprint density at radius 3 is 2.21 bits per heavy atom. The predicted octanol–water partition coefficient (Wildman–Crippen LogP) is 5.77. The van der Waals surface area contributed by atoms with Crippen LogP contribution in [0.2, 0.25) is 0 Å². The largest absolute Gasteiger partial charge is 0.487 e. The Morgan fingerprint density at radius 1 is 0.939 bits per heavy atom. The van der Waals surface area contributed by atoms with Crippen molar-refractivity contribution in [3.63, 3.8) is 0 Å². The standard InChI is InChI=1S/C25H18Br2N2O4/c1-15-7-9-18(10-8-15)29-24(31)19(23(30)28-25(29)32)11-17-12-20(26)22(21(27)13-17)33-14-16-5-3-2-4-6-16/h2-13H,14H2,1H3,(H,28,30,32)/b19-11+. The minimum absolute atomic E-state index is 0.146. The molecule has 0 bridgehead atoms. The van der Waals surface area contributed by atoms with Crippen LogP contribution in [0.3, 0.4) is 0 Å². The van der Waals surface area contributed by atoms with Gasteiger partial charge in [-0.3, -0.25) is 14.9 Å². The molecule has 8 heteroatoms. The zero-order chi connectivity index (χ0) is 23.5. The first-order valence-electron chi connectivity index (χ1n) is 9.97. The van der Waals surface area contributed by atoms with Gasteiger partial charge in [-0.1, -0.05) is 48.0 Å². The summed E-state index contributed by atoms with van der Waals surface area (Å²) in [6, 6.07) is 19.4. The van der Waals surface area contributed by atoms with E-state index in [1.54, 1.807) is 36.4 Å². The van der Waals surface area contributed by atoms with E-state index in [-0.39, 0.29) is 5.57 Å². The number of benzene rings is 3. The highest BCUT2D eigenvalue weighted by Crippen LogP contribution is 2.36. The second-order valence-electron chi connectivity index (χ2n) is 7.38. The van der Waals surface area contributed by atoms with Crippen molar-refractivity contribution in [2.24, 2.45) is 0 Å². The molecule has 0 radical (unpaired) electrons. The lowest BCUT2D eigenvalue weighted by Crippen LogP contribution is -2.54. The summed E-state index contributed by atoms with van der Waals surface area (Å²) in [7, 11) is 0. The minimum atomic E-state index is -0.780. The minimum Gasteiger partial charge on any atom is -0.487 e. The lowest BCUT2D eigenvalue weighted by atomic mass is 10.1. The van der Waals surface area contributed by atoms with Crippen LogP contribution in [0.1, 0.15) is 16.7 Å². The average molecular weight is 570 g/mol. The smallest absolute Gasteiger partial charge is 0.335 e. The Balaban J connectivity index is 1.61. The normalized spacial score (nSPS) is 15.1. The monoisotopic (exact) mass is 568 g/mol. The summed E-state index contributed by atoms with van der Waals surface area (Å²) in [6.45, 7) is 2.28. The molecular weight excluding hydrogens is 552 g/mol. The molecule has 3 aromatic carbocycles. The van der Waals surface area contributed by atoms with Gasteiger partial charge in [-0.15, -0.1) is 0 Å². The molecule has 0 aromatic heterocycles. The maximum Gasteiger partial charge on any atom is 0.335 e. The number of nitrogens with zero attached hydrogens (tertiary/aromatic N) is 1. The fraction of sp³-hybridized carbons (Fsp3) is 0.0800. The molecule has 0 aliphatic carbocycles. The number of ether oxygens (including phenoxy) is 1. The summed E-state index contributed by atoms with van der Waals surface area (Å²) in [5, 5.41) is 2.23. The van der Waals surface area contributed by atoms with E-state index >= 15 is 0 Å². The fourth-order valence-corrected chi connectivity index (χ4v) is 4.73. The second kappa shape index (κ2) is 9.72. The Kier molecular flexibility index (Phi) is 6.76. The van der Waals surface area contributed by atoms with Gasteiger partial charge in [0.25, 0.3) is 11.8 Å². The first kappa shape index (κ1) is 22.9. The van der Waals surface area contributed by atoms with Crippen molar-refractivity contribution in [2.45, 2.75) is 13.5 Å². The number of urea groups is 1. The summed E-state index contributed by atoms with van der Waals surface area (Å²) < 4.78 is 7.22. The Bertz CT molecular complexity index is 1250. The van der Waals surface area contributed by atoms with Gasteiger partial charge in [-0.2, -0.15) is 0 Å². The number of anilines is 1. The van der Waals surface area contributed by atoms with Crippen molar-refractivity contribution in [3.8, 4) is 5.75 Å². The van der Waals surface area contributed by atoms with Gasteiger partial charge in [0.1, 0.15) is 17.9 Å². The van der Waals surface area contributed by atoms with E-state index in [1.165, 1.54) is 6.08 Å². The van der Waals surface area contributed by atoms with E-state index < -0.39 is 17.8 Å². The van der Waals surface area contributed by atoms with Crippen LogP contribution in [0.5, 0.6) is 5.75 Å². The molecule has 1 N–H and O–H groups in total. The summed E-state index contributed by atoms with van der Waals surface area (Å²) in [5.74, 6) is -0.842. The molecule has 1 fully saturated rings. The predicted molar refractivity (Wildman–Crippen MR) is 133 cm³/mol. The number of halogens is 2. The summed E-state index contributed by atoms with van der Waals surface area (Å²) >= 11 is 6.99. The molecule has 166 valence electrons. The van der Waals surface area contributed by atoms with Crippen LogP contribution in [0, 0.1) is 6.92 Å². The quantitative estimate of drug-likeness (QED) is 0.313. The second-order valence-corrected chi connectivity index (χ2v) is 9.09. The first-order chi connectivity index (χ1) is 15.8. The van der Waals surface area contributed by atoms with Crippen LogP contribution in [0.15, 0.2) is 81.2 Å². The number of barbiturate groups is 1. The summed E-state index contributed by atoms with van der Waals surface area (Å²) in [4.78, 5) is 38.8. The number of carbonyl (C=O) groups excluding carboxylic acids is 3. The van der Waals surface area contributed by atoms with E-state index in [0.717, 1.165) is 16.0 Å². The molecule has 0 spiro atoms. The number of carbonyl (C=O) groups is 3. The van der Waals surface area contributed by atoms with Crippen molar-refractivity contribution in [1.82, 2.24) is 5.32 Å². The van der Waals surface area contributed by atoms with Gasteiger partial charge in [0.05, 0.1) is 14.6 Å². The number of rotatable bonds is 5.